The molecule has 0 aliphatic heterocycles. The molecule has 4 rings (SSSR count). The van der Waals surface area contributed by atoms with Gasteiger partial charge < -0.3 is 10.1 Å². The summed E-state index contributed by atoms with van der Waals surface area (Å²) in [6, 6.07) is 9.83. The van der Waals surface area contributed by atoms with Gasteiger partial charge >= 0.3 is 0 Å². The smallest absolute Gasteiger partial charge is 0.253 e. The van der Waals surface area contributed by atoms with Crippen LogP contribution in [0.15, 0.2) is 36.5 Å². The van der Waals surface area contributed by atoms with E-state index in [1.54, 1.807) is 10.9 Å². The first-order valence-electron chi connectivity index (χ1n) is 9.93. The van der Waals surface area contributed by atoms with Gasteiger partial charge in [0.1, 0.15) is 5.75 Å². The quantitative estimate of drug-likeness (QED) is 0.731. The van der Waals surface area contributed by atoms with E-state index in [1.165, 1.54) is 19.3 Å². The minimum absolute atomic E-state index is 0.142. The third-order valence-corrected chi connectivity index (χ3v) is 5.33. The maximum Gasteiger partial charge on any atom is 0.253 e. The van der Waals surface area contributed by atoms with Crippen molar-refractivity contribution < 1.29 is 9.53 Å². The van der Waals surface area contributed by atoms with Gasteiger partial charge in [-0.2, -0.15) is 5.10 Å². The van der Waals surface area contributed by atoms with E-state index in [0.29, 0.717) is 18.2 Å². The second-order valence-electron chi connectivity index (χ2n) is 7.51. The number of aromatic nitrogens is 3. The van der Waals surface area contributed by atoms with Crippen molar-refractivity contribution in [2.45, 2.75) is 51.7 Å². The lowest BCUT2D eigenvalue weighted by atomic mass is 9.98. The van der Waals surface area contributed by atoms with Crippen molar-refractivity contribution in [3.05, 3.63) is 53.3 Å². The van der Waals surface area contributed by atoms with E-state index >= 15 is 0 Å². The van der Waals surface area contributed by atoms with Gasteiger partial charge in [-0.3, -0.25) is 9.48 Å². The van der Waals surface area contributed by atoms with Crippen LogP contribution in [0, 0.1) is 6.92 Å². The molecule has 1 N–H and O–H groups in total. The molecular weight excluding hydrogens is 352 g/mol. The summed E-state index contributed by atoms with van der Waals surface area (Å²) in [5.74, 6) is 0.740. The summed E-state index contributed by atoms with van der Waals surface area (Å²) in [6.07, 6.45) is 7.98. The molecular formula is C22H26N4O2. The highest BCUT2D eigenvalue weighted by molar-refractivity contribution is 5.97. The van der Waals surface area contributed by atoms with Crippen molar-refractivity contribution in [1.82, 2.24) is 20.1 Å². The zero-order valence-corrected chi connectivity index (χ0v) is 16.4. The number of nitrogens with one attached hydrogen (secondary N) is 1. The van der Waals surface area contributed by atoms with Gasteiger partial charge in [0.25, 0.3) is 5.91 Å². The fourth-order valence-electron chi connectivity index (χ4n) is 3.82. The SMILES string of the molecule is Cc1nn(C)c2ncc(C(=O)NCc3cccc(OC4CCCCC4)c3)cc12. The van der Waals surface area contributed by atoms with E-state index in [9.17, 15) is 4.79 Å². The van der Waals surface area contributed by atoms with Crippen LogP contribution < -0.4 is 10.1 Å². The van der Waals surface area contributed by atoms with Crippen molar-refractivity contribution in [2.24, 2.45) is 7.05 Å². The van der Waals surface area contributed by atoms with Crippen molar-refractivity contribution in [2.75, 3.05) is 0 Å². The fraction of sp³-hybridized carbons (Fsp3) is 0.409. The molecule has 0 unspecified atom stereocenters. The van der Waals surface area contributed by atoms with Crippen LogP contribution in [0.5, 0.6) is 5.75 Å². The first-order chi connectivity index (χ1) is 13.6. The summed E-state index contributed by atoms with van der Waals surface area (Å²) in [6.45, 7) is 2.37. The monoisotopic (exact) mass is 378 g/mol. The molecule has 0 radical (unpaired) electrons. The molecule has 1 aliphatic carbocycles. The van der Waals surface area contributed by atoms with E-state index in [1.807, 2.05) is 44.3 Å². The van der Waals surface area contributed by atoms with E-state index in [0.717, 1.165) is 40.9 Å². The predicted molar refractivity (Wildman–Crippen MR) is 108 cm³/mol. The number of nitrogens with zero attached hydrogens (tertiary/aromatic N) is 3. The molecule has 0 bridgehead atoms. The highest BCUT2D eigenvalue weighted by atomic mass is 16.5. The van der Waals surface area contributed by atoms with Crippen molar-refractivity contribution in [3.8, 4) is 5.75 Å². The number of benzene rings is 1. The molecule has 0 atom stereocenters. The summed E-state index contributed by atoms with van der Waals surface area (Å²) < 4.78 is 7.85. The molecule has 28 heavy (non-hydrogen) atoms. The molecule has 146 valence electrons. The van der Waals surface area contributed by atoms with Crippen LogP contribution in [0.25, 0.3) is 11.0 Å². The molecule has 0 spiro atoms. The summed E-state index contributed by atoms with van der Waals surface area (Å²) >= 11 is 0. The minimum atomic E-state index is -0.142. The molecule has 1 fully saturated rings. The third kappa shape index (κ3) is 4.01. The maximum absolute atomic E-state index is 12.6. The first kappa shape index (κ1) is 18.5. The Labute approximate surface area is 164 Å². The van der Waals surface area contributed by atoms with Crippen LogP contribution in [0.1, 0.15) is 53.7 Å². The number of aryl methyl sites for hydroxylation is 2. The molecule has 0 saturated heterocycles. The highest BCUT2D eigenvalue weighted by Gasteiger charge is 2.15. The lowest BCUT2D eigenvalue weighted by Gasteiger charge is -2.23. The van der Waals surface area contributed by atoms with Gasteiger partial charge in [0.05, 0.1) is 17.4 Å². The minimum Gasteiger partial charge on any atom is -0.490 e. The Morgan fingerprint density at radius 2 is 2.07 bits per heavy atom. The fourth-order valence-corrected chi connectivity index (χ4v) is 3.82. The number of carbonyl (C=O) groups excluding carboxylic acids is 1. The number of amides is 1. The van der Waals surface area contributed by atoms with Gasteiger partial charge in [0.15, 0.2) is 5.65 Å². The number of carbonyl (C=O) groups is 1. The standard InChI is InChI=1S/C22H26N4O2/c1-15-20-12-17(14-23-21(20)26(2)25-15)22(27)24-13-16-7-6-10-19(11-16)28-18-8-4-3-5-9-18/h6-7,10-12,14,18H,3-5,8-9,13H2,1-2H3,(H,24,27). The number of rotatable bonds is 5. The van der Waals surface area contributed by atoms with Crippen LogP contribution in [0.2, 0.25) is 0 Å². The second-order valence-corrected chi connectivity index (χ2v) is 7.51. The summed E-state index contributed by atoms with van der Waals surface area (Å²) in [7, 11) is 1.85. The zero-order chi connectivity index (χ0) is 19.5. The van der Waals surface area contributed by atoms with Crippen LogP contribution in [0.3, 0.4) is 0 Å². The number of ether oxygens (including phenoxy) is 1. The van der Waals surface area contributed by atoms with E-state index in [4.69, 9.17) is 4.74 Å². The molecule has 6 nitrogen and oxygen atoms in total. The lowest BCUT2D eigenvalue weighted by Crippen LogP contribution is -2.23. The Morgan fingerprint density at radius 1 is 1.25 bits per heavy atom. The van der Waals surface area contributed by atoms with E-state index in [2.05, 4.69) is 15.4 Å². The summed E-state index contributed by atoms with van der Waals surface area (Å²) in [5.41, 5.74) is 3.21. The van der Waals surface area contributed by atoms with Crippen LogP contribution in [-0.4, -0.2) is 26.8 Å². The molecule has 1 saturated carbocycles. The lowest BCUT2D eigenvalue weighted by molar-refractivity contribution is 0.0950. The molecule has 2 aromatic heterocycles. The van der Waals surface area contributed by atoms with Gasteiger partial charge in [0, 0.05) is 25.2 Å². The normalized spacial score (nSPS) is 14.9. The van der Waals surface area contributed by atoms with E-state index < -0.39 is 0 Å². The van der Waals surface area contributed by atoms with Crippen molar-refractivity contribution in [3.63, 3.8) is 0 Å². The van der Waals surface area contributed by atoms with Crippen LogP contribution >= 0.6 is 0 Å². The Kier molecular flexibility index (Phi) is 5.28. The largest absolute Gasteiger partial charge is 0.490 e. The Bertz CT molecular complexity index is 989. The number of pyridine rings is 1. The van der Waals surface area contributed by atoms with Gasteiger partial charge in [-0.1, -0.05) is 18.6 Å². The number of hydrogen-bond acceptors (Lipinski definition) is 4. The molecule has 6 heteroatoms. The Balaban J connectivity index is 1.40. The van der Waals surface area contributed by atoms with Crippen LogP contribution in [0.4, 0.5) is 0 Å². The summed E-state index contributed by atoms with van der Waals surface area (Å²) in [5, 5.41) is 8.23. The molecule has 1 aromatic carbocycles. The maximum atomic E-state index is 12.6. The highest BCUT2D eigenvalue weighted by Crippen LogP contribution is 2.24. The van der Waals surface area contributed by atoms with Crippen molar-refractivity contribution >= 4 is 16.9 Å². The average Bonchev–Trinajstić information content (AvgIpc) is 3.00. The molecule has 2 heterocycles. The van der Waals surface area contributed by atoms with Gasteiger partial charge in [-0.15, -0.1) is 0 Å². The van der Waals surface area contributed by atoms with Crippen molar-refractivity contribution in [1.29, 1.82) is 0 Å². The number of fused-ring (bicyclic) bond motifs is 1. The van der Waals surface area contributed by atoms with E-state index in [-0.39, 0.29) is 5.91 Å². The number of hydrogen-bond donors (Lipinski definition) is 1. The van der Waals surface area contributed by atoms with Gasteiger partial charge in [-0.25, -0.2) is 4.98 Å². The second kappa shape index (κ2) is 8.00. The van der Waals surface area contributed by atoms with Crippen LogP contribution in [-0.2, 0) is 13.6 Å². The Morgan fingerprint density at radius 3 is 2.89 bits per heavy atom. The predicted octanol–water partition coefficient (Wildman–Crippen LogP) is 3.92. The Hall–Kier alpha value is -2.89. The first-order valence-corrected chi connectivity index (χ1v) is 9.93. The zero-order valence-electron chi connectivity index (χ0n) is 16.4. The molecule has 3 aromatic rings. The van der Waals surface area contributed by atoms with Gasteiger partial charge in [-0.05, 0) is 56.4 Å². The third-order valence-electron chi connectivity index (χ3n) is 5.33. The summed E-state index contributed by atoms with van der Waals surface area (Å²) in [4.78, 5) is 16.9. The van der Waals surface area contributed by atoms with Gasteiger partial charge in [0.2, 0.25) is 0 Å². The molecule has 1 amide bonds. The average molecular weight is 378 g/mol. The topological polar surface area (TPSA) is 69.0 Å². The molecule has 1 aliphatic rings.